The molecule has 0 spiro atoms. The lowest BCUT2D eigenvalue weighted by molar-refractivity contribution is -0.148. The van der Waals surface area contributed by atoms with Crippen LogP contribution in [0.1, 0.15) is 19.3 Å². The third kappa shape index (κ3) is 2.18. The van der Waals surface area contributed by atoms with E-state index < -0.39 is 0 Å². The Kier molecular flexibility index (Phi) is 3.02. The van der Waals surface area contributed by atoms with E-state index in [9.17, 15) is 9.59 Å². The monoisotopic (exact) mass is 212 g/mol. The smallest absolute Gasteiger partial charge is 0.246 e. The minimum absolute atomic E-state index is 0.0827. The van der Waals surface area contributed by atoms with Crippen LogP contribution in [0.25, 0.3) is 0 Å². The number of hydrogen-bond acceptors (Lipinski definition) is 4. The van der Waals surface area contributed by atoms with Crippen molar-refractivity contribution in [2.24, 2.45) is 0 Å². The van der Waals surface area contributed by atoms with E-state index in [-0.39, 0.29) is 23.9 Å². The van der Waals surface area contributed by atoms with Crippen LogP contribution in [0.3, 0.4) is 0 Å². The third-order valence-corrected chi connectivity index (χ3v) is 3.02. The van der Waals surface area contributed by atoms with Crippen molar-refractivity contribution >= 4 is 11.8 Å². The standard InChI is InChI=1S/C10H16N2O3/c1-12-9(13)3-2-8(10(12)14)11-7-4-5-15-6-7/h7-8,11H,2-6H2,1H3. The lowest BCUT2D eigenvalue weighted by Crippen LogP contribution is -2.54. The van der Waals surface area contributed by atoms with Crippen molar-refractivity contribution in [2.45, 2.75) is 31.3 Å². The van der Waals surface area contributed by atoms with Crippen LogP contribution >= 0.6 is 0 Å². The second-order valence-corrected chi connectivity index (χ2v) is 4.11. The first-order valence-corrected chi connectivity index (χ1v) is 5.32. The fourth-order valence-corrected chi connectivity index (χ4v) is 2.02. The molecule has 0 aromatic heterocycles. The Morgan fingerprint density at radius 3 is 2.87 bits per heavy atom. The van der Waals surface area contributed by atoms with E-state index in [0.717, 1.165) is 13.0 Å². The Labute approximate surface area is 88.8 Å². The highest BCUT2D eigenvalue weighted by Crippen LogP contribution is 2.14. The normalized spacial score (nSPS) is 32.5. The van der Waals surface area contributed by atoms with Gasteiger partial charge in [-0.05, 0) is 12.8 Å². The molecular weight excluding hydrogens is 196 g/mol. The van der Waals surface area contributed by atoms with Crippen LogP contribution < -0.4 is 5.32 Å². The highest BCUT2D eigenvalue weighted by Gasteiger charge is 2.33. The Morgan fingerprint density at radius 2 is 2.20 bits per heavy atom. The van der Waals surface area contributed by atoms with Crippen molar-refractivity contribution in [3.8, 4) is 0 Å². The highest BCUT2D eigenvalue weighted by atomic mass is 16.5. The number of carbonyl (C=O) groups is 2. The van der Waals surface area contributed by atoms with Gasteiger partial charge in [-0.25, -0.2) is 0 Å². The molecule has 0 radical (unpaired) electrons. The van der Waals surface area contributed by atoms with Crippen LogP contribution in [-0.2, 0) is 14.3 Å². The Hall–Kier alpha value is -0.940. The number of hydrogen-bond donors (Lipinski definition) is 1. The molecular formula is C10H16N2O3. The number of nitrogens with zero attached hydrogens (tertiary/aromatic N) is 1. The average Bonchev–Trinajstić information content (AvgIpc) is 2.72. The third-order valence-electron chi connectivity index (χ3n) is 3.02. The molecule has 2 saturated heterocycles. The lowest BCUT2D eigenvalue weighted by Gasteiger charge is -2.29. The van der Waals surface area contributed by atoms with Gasteiger partial charge in [0.05, 0.1) is 12.6 Å². The first kappa shape index (κ1) is 10.6. The molecule has 2 unspecified atom stereocenters. The number of rotatable bonds is 2. The zero-order valence-corrected chi connectivity index (χ0v) is 8.86. The Balaban J connectivity index is 1.92. The van der Waals surface area contributed by atoms with Gasteiger partial charge in [0.25, 0.3) is 0 Å². The van der Waals surface area contributed by atoms with Gasteiger partial charge in [-0.2, -0.15) is 0 Å². The van der Waals surface area contributed by atoms with Crippen molar-refractivity contribution in [1.82, 2.24) is 10.2 Å². The van der Waals surface area contributed by atoms with Crippen LogP contribution in [0.4, 0.5) is 0 Å². The summed E-state index contributed by atoms with van der Waals surface area (Å²) in [6.07, 6.45) is 2.01. The quantitative estimate of drug-likeness (QED) is 0.628. The number of likely N-dealkylation sites (N-methyl/N-ethyl adjacent to an activating group) is 1. The predicted molar refractivity (Wildman–Crippen MR) is 53.2 cm³/mol. The summed E-state index contributed by atoms with van der Waals surface area (Å²) in [6, 6.07) is 0.0555. The maximum absolute atomic E-state index is 11.7. The summed E-state index contributed by atoms with van der Waals surface area (Å²) in [5, 5.41) is 3.25. The van der Waals surface area contributed by atoms with E-state index >= 15 is 0 Å². The summed E-state index contributed by atoms with van der Waals surface area (Å²) >= 11 is 0. The first-order chi connectivity index (χ1) is 7.18. The summed E-state index contributed by atoms with van der Waals surface area (Å²) < 4.78 is 5.23. The number of carbonyl (C=O) groups excluding carboxylic acids is 2. The zero-order chi connectivity index (χ0) is 10.8. The molecule has 1 N–H and O–H groups in total. The van der Waals surface area contributed by atoms with Gasteiger partial charge < -0.3 is 10.1 Å². The van der Waals surface area contributed by atoms with Gasteiger partial charge in [0.15, 0.2) is 0 Å². The summed E-state index contributed by atoms with van der Waals surface area (Å²) in [5.74, 6) is -0.195. The van der Waals surface area contributed by atoms with Gasteiger partial charge in [-0.15, -0.1) is 0 Å². The molecule has 0 saturated carbocycles. The molecule has 2 fully saturated rings. The average molecular weight is 212 g/mol. The largest absolute Gasteiger partial charge is 0.380 e. The molecule has 0 bridgehead atoms. The topological polar surface area (TPSA) is 58.6 Å². The lowest BCUT2D eigenvalue weighted by atomic mass is 10.0. The maximum Gasteiger partial charge on any atom is 0.246 e. The number of imide groups is 1. The molecule has 5 heteroatoms. The van der Waals surface area contributed by atoms with Crippen molar-refractivity contribution in [3.63, 3.8) is 0 Å². The van der Waals surface area contributed by atoms with Crippen LogP contribution in [0.15, 0.2) is 0 Å². The molecule has 2 amide bonds. The molecule has 2 aliphatic rings. The molecule has 2 aliphatic heterocycles. The van der Waals surface area contributed by atoms with Crippen molar-refractivity contribution in [3.05, 3.63) is 0 Å². The number of likely N-dealkylation sites (tertiary alicyclic amines) is 1. The van der Waals surface area contributed by atoms with Crippen LogP contribution in [0.5, 0.6) is 0 Å². The fraction of sp³-hybridized carbons (Fsp3) is 0.800. The molecule has 15 heavy (non-hydrogen) atoms. The van der Waals surface area contributed by atoms with Gasteiger partial charge in [-0.3, -0.25) is 14.5 Å². The Morgan fingerprint density at radius 1 is 1.40 bits per heavy atom. The van der Waals surface area contributed by atoms with Gasteiger partial charge in [0.2, 0.25) is 11.8 Å². The number of amides is 2. The van der Waals surface area contributed by atoms with Crippen molar-refractivity contribution in [1.29, 1.82) is 0 Å². The van der Waals surface area contributed by atoms with Crippen LogP contribution in [0.2, 0.25) is 0 Å². The molecule has 84 valence electrons. The summed E-state index contributed by atoms with van der Waals surface area (Å²) in [7, 11) is 1.55. The van der Waals surface area contributed by atoms with Crippen LogP contribution in [0, 0.1) is 0 Å². The van der Waals surface area contributed by atoms with Crippen LogP contribution in [-0.4, -0.2) is 49.1 Å². The first-order valence-electron chi connectivity index (χ1n) is 5.32. The van der Waals surface area contributed by atoms with E-state index in [1.807, 2.05) is 0 Å². The van der Waals surface area contributed by atoms with Gasteiger partial charge >= 0.3 is 0 Å². The SMILES string of the molecule is CN1C(=O)CCC(NC2CCOC2)C1=O. The van der Waals surface area contributed by atoms with Gasteiger partial charge in [-0.1, -0.05) is 0 Å². The van der Waals surface area contributed by atoms with E-state index in [2.05, 4.69) is 5.32 Å². The molecule has 0 aromatic carbocycles. The molecule has 0 aliphatic carbocycles. The molecule has 2 atom stereocenters. The molecule has 5 nitrogen and oxygen atoms in total. The second kappa shape index (κ2) is 4.28. The molecule has 0 aromatic rings. The number of ether oxygens (including phenoxy) is 1. The van der Waals surface area contributed by atoms with E-state index in [1.165, 1.54) is 4.90 Å². The number of nitrogens with one attached hydrogen (secondary N) is 1. The zero-order valence-electron chi connectivity index (χ0n) is 8.86. The van der Waals surface area contributed by atoms with Crippen molar-refractivity contribution < 1.29 is 14.3 Å². The number of piperidine rings is 1. The Bertz CT molecular complexity index is 274. The summed E-state index contributed by atoms with van der Waals surface area (Å²) in [5.41, 5.74) is 0. The molecule has 2 heterocycles. The minimum Gasteiger partial charge on any atom is -0.380 e. The summed E-state index contributed by atoms with van der Waals surface area (Å²) in [6.45, 7) is 1.43. The predicted octanol–water partition coefficient (Wildman–Crippen LogP) is -0.488. The summed E-state index contributed by atoms with van der Waals surface area (Å²) in [4.78, 5) is 24.2. The molecule has 2 rings (SSSR count). The second-order valence-electron chi connectivity index (χ2n) is 4.11. The van der Waals surface area contributed by atoms with E-state index in [4.69, 9.17) is 4.74 Å². The van der Waals surface area contributed by atoms with Gasteiger partial charge in [0, 0.05) is 26.1 Å². The van der Waals surface area contributed by atoms with Crippen molar-refractivity contribution in [2.75, 3.05) is 20.3 Å². The minimum atomic E-state index is -0.209. The maximum atomic E-state index is 11.7. The van der Waals surface area contributed by atoms with E-state index in [0.29, 0.717) is 19.4 Å². The highest BCUT2D eigenvalue weighted by molar-refractivity contribution is 6.00. The van der Waals surface area contributed by atoms with E-state index in [1.54, 1.807) is 7.05 Å². The van der Waals surface area contributed by atoms with Gasteiger partial charge in [0.1, 0.15) is 0 Å². The fourth-order valence-electron chi connectivity index (χ4n) is 2.02.